The van der Waals surface area contributed by atoms with Crippen LogP contribution in [0.2, 0.25) is 0 Å². The Morgan fingerprint density at radius 1 is 1.07 bits per heavy atom. The molecule has 1 aliphatic heterocycles. The fraction of sp³-hybridized carbons (Fsp3) is 1.00. The predicted molar refractivity (Wildman–Crippen MR) is 56.9 cm³/mol. The summed E-state index contributed by atoms with van der Waals surface area (Å²) in [5, 5.41) is 0. The summed E-state index contributed by atoms with van der Waals surface area (Å²) in [7, 11) is 0. The number of rotatable bonds is 8. The molecule has 1 aliphatic rings. The number of hydrogen-bond acceptors (Lipinski definition) is 4. The Hall–Kier alpha value is -0.160. The van der Waals surface area contributed by atoms with Crippen molar-refractivity contribution in [1.29, 1.82) is 0 Å². The highest BCUT2D eigenvalue weighted by Crippen LogP contribution is 2.13. The van der Waals surface area contributed by atoms with Crippen LogP contribution in [0.4, 0.5) is 0 Å². The summed E-state index contributed by atoms with van der Waals surface area (Å²) in [5.74, 6) is 0. The topological polar surface area (TPSA) is 36.9 Å². The molecule has 1 atom stereocenters. The molecule has 1 unspecified atom stereocenters. The van der Waals surface area contributed by atoms with Crippen LogP contribution in [0.3, 0.4) is 0 Å². The van der Waals surface area contributed by atoms with Crippen molar-refractivity contribution < 1.29 is 18.9 Å². The predicted octanol–water partition coefficient (Wildman–Crippen LogP) is 1.58. The van der Waals surface area contributed by atoms with E-state index in [1.54, 1.807) is 0 Å². The molecule has 0 aromatic rings. The van der Waals surface area contributed by atoms with Gasteiger partial charge >= 0.3 is 0 Å². The van der Waals surface area contributed by atoms with Crippen LogP contribution < -0.4 is 0 Å². The van der Waals surface area contributed by atoms with Crippen molar-refractivity contribution in [2.24, 2.45) is 0 Å². The monoisotopic (exact) mass is 218 g/mol. The Balaban J connectivity index is 1.79. The molecule has 4 nitrogen and oxygen atoms in total. The van der Waals surface area contributed by atoms with Gasteiger partial charge in [0.1, 0.15) is 0 Å². The lowest BCUT2D eigenvalue weighted by Crippen LogP contribution is -2.24. The van der Waals surface area contributed by atoms with Crippen molar-refractivity contribution in [2.75, 3.05) is 39.6 Å². The summed E-state index contributed by atoms with van der Waals surface area (Å²) in [4.78, 5) is 0. The lowest BCUT2D eigenvalue weighted by Gasteiger charge is -2.22. The van der Waals surface area contributed by atoms with Gasteiger partial charge in [0.05, 0.1) is 26.4 Å². The van der Waals surface area contributed by atoms with Crippen LogP contribution in [0.25, 0.3) is 0 Å². The average Bonchev–Trinajstić information content (AvgIpc) is 2.29. The first-order valence-corrected chi connectivity index (χ1v) is 5.82. The van der Waals surface area contributed by atoms with Crippen LogP contribution >= 0.6 is 0 Å². The second-order valence-electron chi connectivity index (χ2n) is 3.48. The van der Waals surface area contributed by atoms with Gasteiger partial charge in [-0.1, -0.05) is 0 Å². The van der Waals surface area contributed by atoms with Crippen LogP contribution in [-0.2, 0) is 18.9 Å². The molecule has 1 saturated heterocycles. The molecule has 0 N–H and O–H groups in total. The lowest BCUT2D eigenvalue weighted by molar-refractivity contribution is -0.169. The van der Waals surface area contributed by atoms with Gasteiger partial charge in [0.25, 0.3) is 0 Å². The second-order valence-corrected chi connectivity index (χ2v) is 3.48. The van der Waals surface area contributed by atoms with Gasteiger partial charge in [-0.05, 0) is 26.2 Å². The summed E-state index contributed by atoms with van der Waals surface area (Å²) in [6.45, 7) is 6.08. The van der Waals surface area contributed by atoms with E-state index in [4.69, 9.17) is 18.9 Å². The van der Waals surface area contributed by atoms with Crippen LogP contribution in [0, 0.1) is 0 Å². The quantitative estimate of drug-likeness (QED) is 0.580. The molecule has 0 spiro atoms. The highest BCUT2D eigenvalue weighted by atomic mass is 16.7. The number of ether oxygens (including phenoxy) is 4. The van der Waals surface area contributed by atoms with Crippen LogP contribution in [0.15, 0.2) is 0 Å². The van der Waals surface area contributed by atoms with E-state index in [1.807, 2.05) is 6.92 Å². The number of hydrogen-bond donors (Lipinski definition) is 0. The smallest absolute Gasteiger partial charge is 0.157 e. The zero-order valence-corrected chi connectivity index (χ0v) is 9.57. The van der Waals surface area contributed by atoms with Gasteiger partial charge in [-0.2, -0.15) is 0 Å². The normalized spacial score (nSPS) is 21.8. The minimum Gasteiger partial charge on any atom is -0.379 e. The highest BCUT2D eigenvalue weighted by molar-refractivity contribution is 4.53. The van der Waals surface area contributed by atoms with Crippen molar-refractivity contribution in [2.45, 2.75) is 32.5 Å². The van der Waals surface area contributed by atoms with E-state index < -0.39 is 0 Å². The molecular formula is C11H22O4. The largest absolute Gasteiger partial charge is 0.379 e. The molecule has 1 rings (SSSR count). The Morgan fingerprint density at radius 2 is 1.87 bits per heavy atom. The van der Waals surface area contributed by atoms with Gasteiger partial charge in [-0.15, -0.1) is 0 Å². The van der Waals surface area contributed by atoms with Crippen molar-refractivity contribution in [3.63, 3.8) is 0 Å². The lowest BCUT2D eigenvalue weighted by atomic mass is 10.2. The van der Waals surface area contributed by atoms with Crippen molar-refractivity contribution in [3.05, 3.63) is 0 Å². The molecular weight excluding hydrogens is 196 g/mol. The fourth-order valence-corrected chi connectivity index (χ4v) is 1.45. The molecule has 15 heavy (non-hydrogen) atoms. The van der Waals surface area contributed by atoms with E-state index >= 15 is 0 Å². The maximum Gasteiger partial charge on any atom is 0.157 e. The highest BCUT2D eigenvalue weighted by Gasteiger charge is 2.13. The van der Waals surface area contributed by atoms with Crippen LogP contribution in [0.1, 0.15) is 26.2 Å². The zero-order valence-electron chi connectivity index (χ0n) is 9.57. The second kappa shape index (κ2) is 9.09. The minimum atomic E-state index is -0.00533. The van der Waals surface area contributed by atoms with Gasteiger partial charge in [0.15, 0.2) is 6.29 Å². The molecule has 0 aliphatic carbocycles. The molecule has 0 saturated carbocycles. The summed E-state index contributed by atoms with van der Waals surface area (Å²) in [6, 6.07) is 0. The molecule has 1 fully saturated rings. The Morgan fingerprint density at radius 3 is 2.60 bits per heavy atom. The van der Waals surface area contributed by atoms with Crippen molar-refractivity contribution in [3.8, 4) is 0 Å². The van der Waals surface area contributed by atoms with E-state index in [-0.39, 0.29) is 6.29 Å². The standard InChI is InChI=1S/C11H22O4/c1-2-12-7-8-13-9-10-15-11-5-3-4-6-14-11/h11H,2-10H2,1H3. The summed E-state index contributed by atoms with van der Waals surface area (Å²) in [5.41, 5.74) is 0. The third-order valence-corrected chi connectivity index (χ3v) is 2.25. The first-order valence-electron chi connectivity index (χ1n) is 5.82. The van der Waals surface area contributed by atoms with E-state index in [9.17, 15) is 0 Å². The van der Waals surface area contributed by atoms with E-state index in [1.165, 1.54) is 6.42 Å². The van der Waals surface area contributed by atoms with E-state index in [0.717, 1.165) is 26.1 Å². The van der Waals surface area contributed by atoms with Gasteiger partial charge < -0.3 is 18.9 Å². The van der Waals surface area contributed by atoms with Gasteiger partial charge in [-0.25, -0.2) is 0 Å². The first-order chi connectivity index (χ1) is 7.43. The fourth-order valence-electron chi connectivity index (χ4n) is 1.45. The third-order valence-electron chi connectivity index (χ3n) is 2.25. The van der Waals surface area contributed by atoms with Gasteiger partial charge in [0.2, 0.25) is 0 Å². The Kier molecular flexibility index (Phi) is 7.83. The first kappa shape index (κ1) is 12.9. The van der Waals surface area contributed by atoms with Crippen LogP contribution in [-0.4, -0.2) is 45.9 Å². The molecule has 1 heterocycles. The molecule has 4 heteroatoms. The zero-order chi connectivity index (χ0) is 10.8. The van der Waals surface area contributed by atoms with Gasteiger partial charge in [0, 0.05) is 13.2 Å². The molecule has 0 amide bonds. The minimum absolute atomic E-state index is 0.00533. The SMILES string of the molecule is CCOCCOCCOC1CCCCO1. The maximum absolute atomic E-state index is 5.50. The molecule has 0 aromatic heterocycles. The summed E-state index contributed by atoms with van der Waals surface area (Å²) in [6.07, 6.45) is 3.37. The van der Waals surface area contributed by atoms with Crippen molar-refractivity contribution >= 4 is 0 Å². The molecule has 0 aromatic carbocycles. The summed E-state index contributed by atoms with van der Waals surface area (Å²) < 4.78 is 21.4. The Bertz CT molecular complexity index is 135. The molecule has 0 bridgehead atoms. The molecule has 90 valence electrons. The van der Waals surface area contributed by atoms with Crippen LogP contribution in [0.5, 0.6) is 0 Å². The third kappa shape index (κ3) is 6.84. The maximum atomic E-state index is 5.50. The van der Waals surface area contributed by atoms with Gasteiger partial charge in [-0.3, -0.25) is 0 Å². The van der Waals surface area contributed by atoms with E-state index in [0.29, 0.717) is 26.4 Å². The van der Waals surface area contributed by atoms with Crippen molar-refractivity contribution in [1.82, 2.24) is 0 Å². The summed E-state index contributed by atoms with van der Waals surface area (Å²) >= 11 is 0. The molecule has 0 radical (unpaired) electrons. The Labute approximate surface area is 91.8 Å². The average molecular weight is 218 g/mol. The van der Waals surface area contributed by atoms with E-state index in [2.05, 4.69) is 0 Å².